The van der Waals surface area contributed by atoms with Crippen LogP contribution in [0.1, 0.15) is 44.6 Å². The van der Waals surface area contributed by atoms with Crippen molar-refractivity contribution in [1.82, 2.24) is 4.98 Å². The fourth-order valence-electron chi connectivity index (χ4n) is 4.04. The topological polar surface area (TPSA) is 57.6 Å². The van der Waals surface area contributed by atoms with Crippen LogP contribution in [0.25, 0.3) is 0 Å². The molecule has 27 heavy (non-hydrogen) atoms. The number of anilines is 1. The molecular formula is C21H27ClN3O2+. The van der Waals surface area contributed by atoms with Gasteiger partial charge in [0.1, 0.15) is 6.54 Å². The molecule has 0 atom stereocenters. The Morgan fingerprint density at radius 2 is 1.85 bits per heavy atom. The third kappa shape index (κ3) is 4.09. The van der Waals surface area contributed by atoms with E-state index in [4.69, 9.17) is 11.6 Å². The van der Waals surface area contributed by atoms with E-state index in [9.17, 15) is 9.59 Å². The summed E-state index contributed by atoms with van der Waals surface area (Å²) in [5.41, 5.74) is 5.17. The molecule has 0 unspecified atom stereocenters. The van der Waals surface area contributed by atoms with Crippen LogP contribution < -0.4 is 9.80 Å². The zero-order valence-corrected chi connectivity index (χ0v) is 17.2. The molecule has 0 amide bonds. The summed E-state index contributed by atoms with van der Waals surface area (Å²) in [4.78, 5) is 31.3. The maximum absolute atomic E-state index is 12.8. The average molecular weight is 389 g/mol. The highest BCUT2D eigenvalue weighted by molar-refractivity contribution is 6.30. The summed E-state index contributed by atoms with van der Waals surface area (Å²) in [6.07, 6.45) is 0. The number of hydrogen-bond acceptors (Lipinski definition) is 3. The molecule has 1 aromatic heterocycles. The van der Waals surface area contributed by atoms with Crippen LogP contribution in [0.15, 0.2) is 18.2 Å². The second-order valence-corrected chi connectivity index (χ2v) is 7.89. The predicted octanol–water partition coefficient (Wildman–Crippen LogP) is 2.38. The first-order chi connectivity index (χ1) is 12.8. The number of rotatable bonds is 5. The fourth-order valence-corrected chi connectivity index (χ4v) is 4.20. The maximum atomic E-state index is 12.8. The number of quaternary nitrogens is 1. The van der Waals surface area contributed by atoms with Crippen LogP contribution in [-0.4, -0.2) is 49.3 Å². The normalized spacial score (nSPS) is 15.2. The summed E-state index contributed by atoms with van der Waals surface area (Å²) in [5.74, 6) is 0.0728. The Labute approximate surface area is 165 Å². The van der Waals surface area contributed by atoms with Gasteiger partial charge in [-0.25, -0.2) is 0 Å². The first kappa shape index (κ1) is 19.6. The summed E-state index contributed by atoms with van der Waals surface area (Å²) in [6.45, 7) is 11.4. The summed E-state index contributed by atoms with van der Waals surface area (Å²) in [6, 6.07) is 5.97. The number of aromatic nitrogens is 1. The van der Waals surface area contributed by atoms with Gasteiger partial charge in [0, 0.05) is 22.0 Å². The maximum Gasteiger partial charge on any atom is 0.233 e. The Kier molecular flexibility index (Phi) is 5.72. The summed E-state index contributed by atoms with van der Waals surface area (Å²) in [5, 5.41) is 0.749. The Bertz CT molecular complexity index is 880. The van der Waals surface area contributed by atoms with Crippen LogP contribution in [0.4, 0.5) is 5.69 Å². The van der Waals surface area contributed by atoms with Crippen LogP contribution in [0.3, 0.4) is 0 Å². The van der Waals surface area contributed by atoms with E-state index in [1.165, 1.54) is 16.2 Å². The van der Waals surface area contributed by atoms with Crippen molar-refractivity contribution in [2.24, 2.45) is 0 Å². The molecule has 1 aliphatic heterocycles. The molecule has 1 aromatic carbocycles. The number of benzene rings is 1. The molecule has 2 heterocycles. The van der Waals surface area contributed by atoms with Crippen molar-refractivity contribution >= 4 is 28.9 Å². The van der Waals surface area contributed by atoms with Crippen molar-refractivity contribution in [3.8, 4) is 0 Å². The average Bonchev–Trinajstić information content (AvgIpc) is 2.92. The lowest BCUT2D eigenvalue weighted by Crippen LogP contribution is -3.15. The van der Waals surface area contributed by atoms with Gasteiger partial charge in [-0.2, -0.15) is 0 Å². The van der Waals surface area contributed by atoms with E-state index < -0.39 is 0 Å². The number of aromatic amines is 1. The number of hydrogen-bond donors (Lipinski definition) is 2. The molecular weight excluding hydrogens is 362 g/mol. The van der Waals surface area contributed by atoms with Gasteiger partial charge in [-0.1, -0.05) is 17.7 Å². The lowest BCUT2D eigenvalue weighted by molar-refractivity contribution is -0.892. The van der Waals surface area contributed by atoms with E-state index in [0.717, 1.165) is 42.5 Å². The fraction of sp³-hybridized carbons (Fsp3) is 0.429. The third-order valence-electron chi connectivity index (χ3n) is 5.46. The molecule has 5 nitrogen and oxygen atoms in total. The molecule has 2 aromatic rings. The third-order valence-corrected chi connectivity index (χ3v) is 5.70. The van der Waals surface area contributed by atoms with E-state index >= 15 is 0 Å². The highest BCUT2D eigenvalue weighted by Crippen LogP contribution is 2.24. The lowest BCUT2D eigenvalue weighted by Gasteiger charge is -2.34. The summed E-state index contributed by atoms with van der Waals surface area (Å²) in [7, 11) is 0. The van der Waals surface area contributed by atoms with E-state index in [1.807, 2.05) is 32.0 Å². The largest absolute Gasteiger partial charge is 0.360 e. The van der Waals surface area contributed by atoms with Crippen molar-refractivity contribution < 1.29 is 14.5 Å². The number of nitrogens with zero attached hydrogens (tertiary/aromatic N) is 1. The van der Waals surface area contributed by atoms with Crippen molar-refractivity contribution in [2.45, 2.75) is 27.7 Å². The molecule has 6 heteroatoms. The molecule has 1 aliphatic rings. The highest BCUT2D eigenvalue weighted by Gasteiger charge is 2.26. The number of nitrogens with one attached hydrogen (secondary N) is 2. The minimum absolute atomic E-state index is 0.00171. The van der Waals surface area contributed by atoms with Gasteiger partial charge >= 0.3 is 0 Å². The zero-order valence-electron chi connectivity index (χ0n) is 16.4. The van der Waals surface area contributed by atoms with Crippen LogP contribution in [0, 0.1) is 20.8 Å². The monoisotopic (exact) mass is 388 g/mol. The number of Topliss-reactive ketones (excluding diaryl/α,β-unsaturated/α-hetero) is 2. The van der Waals surface area contributed by atoms with E-state index in [-0.39, 0.29) is 11.6 Å². The number of halogens is 1. The number of ketones is 2. The van der Waals surface area contributed by atoms with Crippen LogP contribution >= 0.6 is 11.6 Å². The zero-order chi connectivity index (χ0) is 19.7. The Morgan fingerprint density at radius 1 is 1.19 bits per heavy atom. The van der Waals surface area contributed by atoms with Gasteiger partial charge in [0.25, 0.3) is 0 Å². The van der Waals surface area contributed by atoms with Gasteiger partial charge < -0.3 is 14.8 Å². The number of carbonyl (C=O) groups is 2. The smallest absolute Gasteiger partial charge is 0.233 e. The SMILES string of the molecule is CC(=O)c1c(C)[nH]c(C(=O)C[NH+]2CCN(c3cc(Cl)ccc3C)CC2)c1C. The standard InChI is InChI=1S/C21H26ClN3O2/c1-13-5-6-17(22)11-18(13)25-9-7-24(8-10-25)12-19(27)21-14(2)20(16(4)26)15(3)23-21/h5-6,11,23H,7-10,12H2,1-4H3/p+1. The molecule has 0 radical (unpaired) electrons. The number of carbonyl (C=O) groups excluding carboxylic acids is 2. The quantitative estimate of drug-likeness (QED) is 0.773. The molecule has 2 N–H and O–H groups in total. The Hall–Kier alpha value is -2.11. The van der Waals surface area contributed by atoms with Gasteiger partial charge in [0.15, 0.2) is 5.78 Å². The molecule has 1 fully saturated rings. The number of piperazine rings is 1. The van der Waals surface area contributed by atoms with Crippen LogP contribution in [0.5, 0.6) is 0 Å². The molecule has 0 bridgehead atoms. The van der Waals surface area contributed by atoms with Gasteiger partial charge in [-0.15, -0.1) is 0 Å². The molecule has 0 saturated carbocycles. The van der Waals surface area contributed by atoms with E-state index in [0.29, 0.717) is 17.8 Å². The molecule has 144 valence electrons. The second-order valence-electron chi connectivity index (χ2n) is 7.45. The highest BCUT2D eigenvalue weighted by atomic mass is 35.5. The molecule has 0 aliphatic carbocycles. The van der Waals surface area contributed by atoms with Gasteiger partial charge in [0.05, 0.1) is 31.9 Å². The Balaban J connectivity index is 1.64. The van der Waals surface area contributed by atoms with Gasteiger partial charge in [-0.3, -0.25) is 9.59 Å². The predicted molar refractivity (Wildman–Crippen MR) is 109 cm³/mol. The summed E-state index contributed by atoms with van der Waals surface area (Å²) < 4.78 is 0. The first-order valence-electron chi connectivity index (χ1n) is 9.36. The van der Waals surface area contributed by atoms with Crippen molar-refractivity contribution in [2.75, 3.05) is 37.6 Å². The second kappa shape index (κ2) is 7.87. The van der Waals surface area contributed by atoms with Gasteiger partial charge in [0.2, 0.25) is 5.78 Å². The van der Waals surface area contributed by atoms with E-state index in [2.05, 4.69) is 16.8 Å². The molecule has 0 spiro atoms. The number of H-pyrrole nitrogens is 1. The molecule has 3 rings (SSSR count). The van der Waals surface area contributed by atoms with Crippen molar-refractivity contribution in [1.29, 1.82) is 0 Å². The van der Waals surface area contributed by atoms with Gasteiger partial charge in [-0.05, 0) is 51.0 Å². The van der Waals surface area contributed by atoms with Crippen molar-refractivity contribution in [3.63, 3.8) is 0 Å². The van der Waals surface area contributed by atoms with Crippen molar-refractivity contribution in [3.05, 3.63) is 51.3 Å². The lowest BCUT2D eigenvalue weighted by atomic mass is 10.1. The first-order valence-corrected chi connectivity index (χ1v) is 9.73. The minimum Gasteiger partial charge on any atom is -0.360 e. The molecule has 1 saturated heterocycles. The van der Waals surface area contributed by atoms with E-state index in [1.54, 1.807) is 6.92 Å². The summed E-state index contributed by atoms with van der Waals surface area (Å²) >= 11 is 6.15. The van der Waals surface area contributed by atoms with Crippen LogP contribution in [-0.2, 0) is 0 Å². The van der Waals surface area contributed by atoms with Crippen LogP contribution in [0.2, 0.25) is 5.02 Å². The Morgan fingerprint density at radius 3 is 2.44 bits per heavy atom. The minimum atomic E-state index is -0.00171. The number of aryl methyl sites for hydroxylation is 2.